The van der Waals surface area contributed by atoms with E-state index in [1.54, 1.807) is 0 Å². The van der Waals surface area contributed by atoms with Gasteiger partial charge in [-0.05, 0) is 102 Å². The van der Waals surface area contributed by atoms with Gasteiger partial charge in [0, 0.05) is 11.1 Å². The summed E-state index contributed by atoms with van der Waals surface area (Å²) in [5.41, 5.74) is 17.4. The van der Waals surface area contributed by atoms with Crippen LogP contribution in [0.3, 0.4) is 0 Å². The van der Waals surface area contributed by atoms with Crippen LogP contribution in [0.4, 0.5) is 0 Å². The van der Waals surface area contributed by atoms with Gasteiger partial charge >= 0.3 is 0 Å². The van der Waals surface area contributed by atoms with Crippen molar-refractivity contribution < 1.29 is 0 Å². The van der Waals surface area contributed by atoms with Crippen LogP contribution in [0.2, 0.25) is 13.1 Å². The Kier molecular flexibility index (Phi) is 8.66. The molecule has 8 aromatic carbocycles. The Morgan fingerprint density at radius 3 is 1.26 bits per heavy atom. The largest absolute Gasteiger partial charge is 0.228 e. The zero-order valence-electron chi connectivity index (χ0n) is 32.0. The highest BCUT2D eigenvalue weighted by Crippen LogP contribution is 2.37. The second-order valence-electron chi connectivity index (χ2n) is 15.4. The van der Waals surface area contributed by atoms with Crippen molar-refractivity contribution in [2.24, 2.45) is 0 Å². The van der Waals surface area contributed by atoms with Crippen molar-refractivity contribution in [1.82, 2.24) is 9.97 Å². The highest BCUT2D eigenvalue weighted by molar-refractivity contribution is 7.04. The van der Waals surface area contributed by atoms with Crippen molar-refractivity contribution in [1.29, 1.82) is 0 Å². The fourth-order valence-corrected chi connectivity index (χ4v) is 11.7. The van der Waals surface area contributed by atoms with Gasteiger partial charge in [-0.1, -0.05) is 189 Å². The van der Waals surface area contributed by atoms with Crippen LogP contribution < -0.4 is 10.4 Å². The van der Waals surface area contributed by atoms with E-state index >= 15 is 0 Å². The Balaban J connectivity index is 1.05. The number of nitrogens with zero attached hydrogens (tertiary/aromatic N) is 2. The molecule has 270 valence electrons. The van der Waals surface area contributed by atoms with E-state index in [0.29, 0.717) is 0 Å². The molecule has 0 N–H and O–H groups in total. The Hall–Kier alpha value is -6.94. The molecule has 0 fully saturated rings. The number of hydrogen-bond donors (Lipinski definition) is 0. The predicted molar refractivity (Wildman–Crippen MR) is 242 cm³/mol. The minimum absolute atomic E-state index is 0.755. The minimum atomic E-state index is -2.03. The van der Waals surface area contributed by atoms with E-state index < -0.39 is 8.07 Å². The zero-order valence-corrected chi connectivity index (χ0v) is 33.0. The summed E-state index contributed by atoms with van der Waals surface area (Å²) in [6, 6.07) is 74.2. The molecule has 0 saturated carbocycles. The summed E-state index contributed by atoms with van der Waals surface area (Å²) in [4.78, 5) is 10.8. The SMILES string of the molecule is C[Si]1(C)c2ccccc2-c2nc(-c3cccc(-c4cccc(-c5cc(-c6ccccc6)cc(-c6ccc(-c7ccccc7)cc6)c5)c4)c3)nc(-c3ccccc3)c21. The number of benzene rings is 8. The number of fused-ring (bicyclic) bond motifs is 3. The topological polar surface area (TPSA) is 25.8 Å². The molecule has 0 spiro atoms. The van der Waals surface area contributed by atoms with Crippen molar-refractivity contribution >= 4 is 18.4 Å². The van der Waals surface area contributed by atoms with Gasteiger partial charge in [-0.3, -0.25) is 0 Å². The van der Waals surface area contributed by atoms with Crippen LogP contribution in [0.5, 0.6) is 0 Å². The Labute approximate surface area is 335 Å². The zero-order chi connectivity index (χ0) is 38.3. The van der Waals surface area contributed by atoms with Gasteiger partial charge in [0.05, 0.1) is 11.4 Å². The van der Waals surface area contributed by atoms with E-state index in [1.165, 1.54) is 60.4 Å². The van der Waals surface area contributed by atoms with E-state index in [9.17, 15) is 0 Å². The van der Waals surface area contributed by atoms with Crippen molar-refractivity contribution in [3.63, 3.8) is 0 Å². The van der Waals surface area contributed by atoms with E-state index in [4.69, 9.17) is 9.97 Å². The molecule has 0 radical (unpaired) electrons. The first-order valence-corrected chi connectivity index (χ1v) is 22.6. The van der Waals surface area contributed by atoms with Crippen molar-refractivity contribution in [2.45, 2.75) is 13.1 Å². The van der Waals surface area contributed by atoms with Crippen molar-refractivity contribution in [3.05, 3.63) is 206 Å². The summed E-state index contributed by atoms with van der Waals surface area (Å²) >= 11 is 0. The Bertz CT molecular complexity index is 2900. The molecule has 57 heavy (non-hydrogen) atoms. The Morgan fingerprint density at radius 2 is 0.667 bits per heavy atom. The third-order valence-electron chi connectivity index (χ3n) is 11.5. The van der Waals surface area contributed by atoms with Gasteiger partial charge in [-0.25, -0.2) is 9.97 Å². The molecular formula is C54H40N2Si. The molecule has 0 unspecified atom stereocenters. The van der Waals surface area contributed by atoms with Gasteiger partial charge in [0.25, 0.3) is 0 Å². The summed E-state index contributed by atoms with van der Waals surface area (Å²) in [5, 5.41) is 2.75. The first-order chi connectivity index (χ1) is 28.0. The average molecular weight is 745 g/mol. The second kappa shape index (κ2) is 14.3. The van der Waals surface area contributed by atoms with Gasteiger partial charge in [0.15, 0.2) is 5.82 Å². The van der Waals surface area contributed by atoms with Gasteiger partial charge in [0.1, 0.15) is 8.07 Å². The molecule has 2 heterocycles. The number of aromatic nitrogens is 2. The highest BCUT2D eigenvalue weighted by Gasteiger charge is 2.41. The molecule has 1 aliphatic heterocycles. The standard InChI is InChI=1S/C54H40N2Si/c1-57(2)50-27-13-12-26-49(50)52-53(57)51(41-20-10-5-11-21-41)55-54(56-52)45-25-15-23-43(33-45)42-22-14-24-44(32-42)48-35-46(38-18-8-4-9-19-38)34-47(36-48)40-30-28-39(29-31-40)37-16-6-3-7-17-37/h3-36H,1-2H3. The maximum Gasteiger partial charge on any atom is 0.160 e. The van der Waals surface area contributed by atoms with Crippen molar-refractivity contribution in [3.8, 4) is 89.5 Å². The third kappa shape index (κ3) is 6.42. The van der Waals surface area contributed by atoms with Crippen LogP contribution in [0, 0.1) is 0 Å². The fourth-order valence-electron chi connectivity index (χ4n) is 8.51. The smallest absolute Gasteiger partial charge is 0.160 e. The average Bonchev–Trinajstić information content (AvgIpc) is 3.52. The van der Waals surface area contributed by atoms with E-state index in [2.05, 4.69) is 219 Å². The van der Waals surface area contributed by atoms with Crippen LogP contribution in [0.15, 0.2) is 206 Å². The maximum atomic E-state index is 5.39. The third-order valence-corrected chi connectivity index (χ3v) is 15.0. The van der Waals surface area contributed by atoms with Gasteiger partial charge in [0.2, 0.25) is 0 Å². The first kappa shape index (κ1) is 34.5. The van der Waals surface area contributed by atoms with Crippen LogP contribution in [0.1, 0.15) is 0 Å². The second-order valence-corrected chi connectivity index (χ2v) is 19.7. The Morgan fingerprint density at radius 1 is 0.298 bits per heavy atom. The molecule has 10 rings (SSSR count). The van der Waals surface area contributed by atoms with Crippen LogP contribution in [-0.2, 0) is 0 Å². The lowest BCUT2D eigenvalue weighted by atomic mass is 9.91. The normalized spacial score (nSPS) is 12.5. The molecule has 0 atom stereocenters. The van der Waals surface area contributed by atoms with Crippen LogP contribution in [0.25, 0.3) is 89.5 Å². The van der Waals surface area contributed by atoms with Gasteiger partial charge < -0.3 is 0 Å². The summed E-state index contributed by atoms with van der Waals surface area (Å²) in [6.45, 7) is 4.86. The van der Waals surface area contributed by atoms with Crippen LogP contribution >= 0.6 is 0 Å². The molecule has 2 nitrogen and oxygen atoms in total. The predicted octanol–water partition coefficient (Wildman–Crippen LogP) is 12.9. The summed E-state index contributed by atoms with van der Waals surface area (Å²) in [5.74, 6) is 0.755. The number of hydrogen-bond acceptors (Lipinski definition) is 2. The lowest BCUT2D eigenvalue weighted by Crippen LogP contribution is -2.50. The molecular weight excluding hydrogens is 705 g/mol. The number of rotatable bonds is 7. The molecule has 0 saturated heterocycles. The molecule has 9 aromatic rings. The van der Waals surface area contributed by atoms with E-state index in [1.807, 2.05) is 0 Å². The highest BCUT2D eigenvalue weighted by atomic mass is 28.3. The maximum absolute atomic E-state index is 5.39. The molecule has 0 bridgehead atoms. The van der Waals surface area contributed by atoms with Gasteiger partial charge in [-0.15, -0.1) is 0 Å². The minimum Gasteiger partial charge on any atom is -0.228 e. The van der Waals surface area contributed by atoms with Crippen molar-refractivity contribution in [2.75, 3.05) is 0 Å². The summed E-state index contributed by atoms with van der Waals surface area (Å²) < 4.78 is 0. The lowest BCUT2D eigenvalue weighted by molar-refractivity contribution is 1.20. The first-order valence-electron chi connectivity index (χ1n) is 19.6. The molecule has 1 aromatic heterocycles. The summed E-state index contributed by atoms with van der Waals surface area (Å²) in [6.07, 6.45) is 0. The lowest BCUT2D eigenvalue weighted by Gasteiger charge is -2.21. The molecule has 0 aliphatic carbocycles. The quantitative estimate of drug-likeness (QED) is 0.152. The summed E-state index contributed by atoms with van der Waals surface area (Å²) in [7, 11) is -2.03. The van der Waals surface area contributed by atoms with Gasteiger partial charge in [-0.2, -0.15) is 0 Å². The molecule has 1 aliphatic rings. The fraction of sp³-hybridized carbons (Fsp3) is 0.0370. The monoisotopic (exact) mass is 744 g/mol. The van der Waals surface area contributed by atoms with Crippen LogP contribution in [-0.4, -0.2) is 18.0 Å². The van der Waals surface area contributed by atoms with E-state index in [-0.39, 0.29) is 0 Å². The molecule has 3 heteroatoms. The van der Waals surface area contributed by atoms with E-state index in [0.717, 1.165) is 39.5 Å². The molecule has 0 amide bonds.